The number of benzene rings is 1. The second-order valence-electron chi connectivity index (χ2n) is 7.93. The number of nitrogens with zero attached hydrogens (tertiary/aromatic N) is 2. The lowest BCUT2D eigenvalue weighted by atomic mass is 9.95. The summed E-state index contributed by atoms with van der Waals surface area (Å²) in [6, 6.07) is 7.88. The average molecular weight is 381 g/mol. The molecular weight excluding hydrogens is 352 g/mol. The number of hydrogen-bond donors (Lipinski definition) is 1. The first-order valence-corrected chi connectivity index (χ1v) is 10.4. The smallest absolute Gasteiger partial charge is 0.408 e. The Morgan fingerprint density at radius 1 is 1.31 bits per heavy atom. The zero-order valence-electron chi connectivity index (χ0n) is 15.7. The standard InChI is InChI=1S/C19H28N2O4S/c1-19(2,3)21(18(22)23)17-12-14-6-4-5-7-15(14)16(17)13-26(24)20-8-10-25-11-9-20/h4-7,16-17H,8-13H2,1-3H3,(H,22,23)/t16-,17+,26?/m0/s1. The molecule has 7 heteroatoms. The van der Waals surface area contributed by atoms with E-state index in [1.54, 1.807) is 4.90 Å². The lowest BCUT2D eigenvalue weighted by Crippen LogP contribution is -2.53. The van der Waals surface area contributed by atoms with Crippen LogP contribution in [0.1, 0.15) is 37.8 Å². The zero-order valence-corrected chi connectivity index (χ0v) is 16.5. The number of hydrogen-bond acceptors (Lipinski definition) is 3. The van der Waals surface area contributed by atoms with Gasteiger partial charge in [-0.3, -0.25) is 4.90 Å². The first kappa shape index (κ1) is 19.3. The van der Waals surface area contributed by atoms with Gasteiger partial charge in [-0.2, -0.15) is 0 Å². The van der Waals surface area contributed by atoms with Gasteiger partial charge >= 0.3 is 6.09 Å². The van der Waals surface area contributed by atoms with Gasteiger partial charge in [0.25, 0.3) is 0 Å². The maximum atomic E-state index is 13.0. The van der Waals surface area contributed by atoms with E-state index in [4.69, 9.17) is 4.74 Å². The van der Waals surface area contributed by atoms with Crippen molar-refractivity contribution in [3.05, 3.63) is 35.4 Å². The van der Waals surface area contributed by atoms with E-state index in [0.29, 0.717) is 38.5 Å². The summed E-state index contributed by atoms with van der Waals surface area (Å²) in [6.07, 6.45) is -0.248. The molecule has 1 aliphatic carbocycles. The summed E-state index contributed by atoms with van der Waals surface area (Å²) in [5.41, 5.74) is 1.78. The van der Waals surface area contributed by atoms with E-state index >= 15 is 0 Å². The Balaban J connectivity index is 1.89. The fourth-order valence-corrected chi connectivity index (χ4v) is 5.54. The highest BCUT2D eigenvalue weighted by Gasteiger charge is 2.43. The first-order chi connectivity index (χ1) is 12.3. The zero-order chi connectivity index (χ0) is 18.9. The molecule has 1 saturated heterocycles. The van der Waals surface area contributed by atoms with Crippen molar-refractivity contribution in [1.82, 2.24) is 9.21 Å². The molecule has 26 heavy (non-hydrogen) atoms. The van der Waals surface area contributed by atoms with E-state index in [-0.39, 0.29) is 12.0 Å². The first-order valence-electron chi connectivity index (χ1n) is 9.10. The Labute approximate surface area is 157 Å². The summed E-state index contributed by atoms with van der Waals surface area (Å²) in [5, 5.41) is 9.87. The third-order valence-corrected chi connectivity index (χ3v) is 6.77. The fourth-order valence-electron chi connectivity index (χ4n) is 4.06. The topological polar surface area (TPSA) is 70.1 Å². The van der Waals surface area contributed by atoms with Crippen LogP contribution in [0.25, 0.3) is 0 Å². The normalized spacial score (nSPS) is 24.9. The summed E-state index contributed by atoms with van der Waals surface area (Å²) in [7, 11) is -1.15. The minimum absolute atomic E-state index is 0.0646. The van der Waals surface area contributed by atoms with Crippen molar-refractivity contribution >= 4 is 17.1 Å². The maximum absolute atomic E-state index is 13.0. The Morgan fingerprint density at radius 2 is 1.96 bits per heavy atom. The van der Waals surface area contributed by atoms with Crippen LogP contribution in [0.3, 0.4) is 0 Å². The van der Waals surface area contributed by atoms with Crippen molar-refractivity contribution in [3.63, 3.8) is 0 Å². The number of carboxylic acid groups (broad SMARTS) is 1. The third kappa shape index (κ3) is 3.94. The lowest BCUT2D eigenvalue weighted by molar-refractivity contribution is 0.0657. The van der Waals surface area contributed by atoms with Gasteiger partial charge in [-0.15, -0.1) is 0 Å². The molecule has 144 valence electrons. The highest BCUT2D eigenvalue weighted by molar-refractivity contribution is 7.82. The van der Waals surface area contributed by atoms with Gasteiger partial charge < -0.3 is 9.84 Å². The molecule has 1 aliphatic heterocycles. The van der Waals surface area contributed by atoms with Crippen LogP contribution in [0.4, 0.5) is 4.79 Å². The summed E-state index contributed by atoms with van der Waals surface area (Å²) in [6.45, 7) is 8.26. The summed E-state index contributed by atoms with van der Waals surface area (Å²) >= 11 is 0. The molecule has 1 N–H and O–H groups in total. The van der Waals surface area contributed by atoms with Crippen LogP contribution in [0, 0.1) is 0 Å². The van der Waals surface area contributed by atoms with Gasteiger partial charge in [0.15, 0.2) is 0 Å². The molecule has 1 aromatic carbocycles. The van der Waals surface area contributed by atoms with Crippen molar-refractivity contribution in [2.75, 3.05) is 32.1 Å². The van der Waals surface area contributed by atoms with Crippen LogP contribution in [0.2, 0.25) is 0 Å². The molecule has 1 amide bonds. The summed E-state index contributed by atoms with van der Waals surface area (Å²) in [4.78, 5) is 13.6. The Kier molecular flexibility index (Phi) is 5.69. The van der Waals surface area contributed by atoms with Gasteiger partial charge in [-0.1, -0.05) is 24.3 Å². The molecule has 0 spiro atoms. The summed E-state index contributed by atoms with van der Waals surface area (Å²) in [5.74, 6) is 0.381. The molecule has 0 bridgehead atoms. The number of morpholine rings is 1. The van der Waals surface area contributed by atoms with Crippen molar-refractivity contribution in [2.24, 2.45) is 0 Å². The predicted octanol–water partition coefficient (Wildman–Crippen LogP) is 2.47. The summed E-state index contributed by atoms with van der Waals surface area (Å²) < 4.78 is 20.3. The largest absolute Gasteiger partial charge is 0.465 e. The molecular formula is C19H28N2O4S. The number of carbonyl (C=O) groups is 1. The van der Waals surface area contributed by atoms with Crippen molar-refractivity contribution in [2.45, 2.75) is 44.7 Å². The Morgan fingerprint density at radius 3 is 2.58 bits per heavy atom. The second-order valence-corrected chi connectivity index (χ2v) is 9.42. The molecule has 0 aromatic heterocycles. The van der Waals surface area contributed by atoms with Crippen LogP contribution in [-0.4, -0.2) is 68.3 Å². The van der Waals surface area contributed by atoms with Crippen molar-refractivity contribution in [1.29, 1.82) is 0 Å². The van der Waals surface area contributed by atoms with Gasteiger partial charge in [0.05, 0.1) is 24.2 Å². The van der Waals surface area contributed by atoms with E-state index in [2.05, 4.69) is 12.1 Å². The van der Waals surface area contributed by atoms with Crippen LogP contribution in [0.15, 0.2) is 24.3 Å². The Bertz CT molecular complexity index is 682. The van der Waals surface area contributed by atoms with Crippen LogP contribution in [0.5, 0.6) is 0 Å². The van der Waals surface area contributed by atoms with Gasteiger partial charge in [-0.25, -0.2) is 13.3 Å². The number of fused-ring (bicyclic) bond motifs is 1. The predicted molar refractivity (Wildman–Crippen MR) is 102 cm³/mol. The molecule has 3 atom stereocenters. The van der Waals surface area contributed by atoms with Gasteiger partial charge in [0.2, 0.25) is 0 Å². The molecule has 3 rings (SSSR count). The lowest BCUT2D eigenvalue weighted by Gasteiger charge is -2.41. The molecule has 0 radical (unpaired) electrons. The van der Waals surface area contributed by atoms with E-state index < -0.39 is 22.6 Å². The van der Waals surface area contributed by atoms with E-state index in [0.717, 1.165) is 11.1 Å². The SMILES string of the molecule is CC(C)(C)N(C(=O)O)[C@@H]1Cc2ccccc2[C@@H]1CS(=O)N1CCOCC1. The quantitative estimate of drug-likeness (QED) is 0.871. The monoisotopic (exact) mass is 380 g/mol. The van der Waals surface area contributed by atoms with E-state index in [1.165, 1.54) is 0 Å². The molecule has 2 aliphatic rings. The minimum atomic E-state index is -1.15. The highest BCUT2D eigenvalue weighted by atomic mass is 32.2. The average Bonchev–Trinajstić information content (AvgIpc) is 2.92. The number of amides is 1. The van der Waals surface area contributed by atoms with Crippen molar-refractivity contribution < 1.29 is 18.8 Å². The van der Waals surface area contributed by atoms with Crippen molar-refractivity contribution in [3.8, 4) is 0 Å². The third-order valence-electron chi connectivity index (χ3n) is 5.19. The van der Waals surface area contributed by atoms with Crippen LogP contribution >= 0.6 is 0 Å². The minimum Gasteiger partial charge on any atom is -0.465 e. The molecule has 1 heterocycles. The molecule has 6 nitrogen and oxygen atoms in total. The molecule has 1 unspecified atom stereocenters. The van der Waals surface area contributed by atoms with Gasteiger partial charge in [0.1, 0.15) is 0 Å². The van der Waals surface area contributed by atoms with Crippen LogP contribution in [-0.2, 0) is 22.1 Å². The van der Waals surface area contributed by atoms with Gasteiger partial charge in [-0.05, 0) is 38.3 Å². The van der Waals surface area contributed by atoms with E-state index in [1.807, 2.05) is 37.2 Å². The fraction of sp³-hybridized carbons (Fsp3) is 0.632. The highest BCUT2D eigenvalue weighted by Crippen LogP contribution is 2.39. The molecule has 0 saturated carbocycles. The van der Waals surface area contributed by atoms with Crippen LogP contribution < -0.4 is 0 Å². The van der Waals surface area contributed by atoms with E-state index in [9.17, 15) is 14.1 Å². The molecule has 1 fully saturated rings. The Hall–Kier alpha value is -1.44. The molecule has 1 aromatic rings. The second kappa shape index (κ2) is 7.66. The number of rotatable bonds is 4. The maximum Gasteiger partial charge on any atom is 0.408 e. The number of ether oxygens (including phenoxy) is 1. The van der Waals surface area contributed by atoms with Gasteiger partial charge in [0, 0.05) is 36.3 Å².